The zero-order valence-corrected chi connectivity index (χ0v) is 13.9. The molecule has 1 saturated heterocycles. The van der Waals surface area contributed by atoms with Gasteiger partial charge in [-0.1, -0.05) is 6.42 Å². The Morgan fingerprint density at radius 2 is 2.00 bits per heavy atom. The molecule has 0 atom stereocenters. The average molecular weight is 344 g/mol. The molecule has 2 rings (SSSR count). The van der Waals surface area contributed by atoms with E-state index in [0.29, 0.717) is 26.2 Å². The highest BCUT2D eigenvalue weighted by Gasteiger charge is 2.29. The first-order valence-corrected chi connectivity index (χ1v) is 8.97. The molecule has 0 aliphatic carbocycles. The summed E-state index contributed by atoms with van der Waals surface area (Å²) in [5, 5.41) is 2.58. The van der Waals surface area contributed by atoms with Crippen LogP contribution in [0.1, 0.15) is 29.6 Å². The van der Waals surface area contributed by atoms with E-state index in [1.54, 1.807) is 0 Å². The number of hydrogen-bond donors (Lipinski definition) is 1. The Balaban J connectivity index is 2.24. The summed E-state index contributed by atoms with van der Waals surface area (Å²) in [6.45, 7) is 1.39. The van der Waals surface area contributed by atoms with Gasteiger partial charge in [0.25, 0.3) is 5.91 Å². The maximum absolute atomic E-state index is 14.0. The number of piperidine rings is 1. The van der Waals surface area contributed by atoms with Crippen LogP contribution in [-0.2, 0) is 14.8 Å². The third-order valence-corrected chi connectivity index (χ3v) is 5.63. The molecule has 0 saturated carbocycles. The maximum Gasteiger partial charge on any atom is 0.251 e. The van der Waals surface area contributed by atoms with Crippen molar-refractivity contribution in [3.05, 3.63) is 29.6 Å². The average Bonchev–Trinajstić information content (AvgIpc) is 2.56. The minimum atomic E-state index is -3.92. The topological polar surface area (TPSA) is 75.7 Å². The van der Waals surface area contributed by atoms with Crippen molar-refractivity contribution < 1.29 is 22.3 Å². The summed E-state index contributed by atoms with van der Waals surface area (Å²) in [4.78, 5) is 11.5. The van der Waals surface area contributed by atoms with Gasteiger partial charge >= 0.3 is 0 Å². The minimum Gasteiger partial charge on any atom is -0.383 e. The van der Waals surface area contributed by atoms with Gasteiger partial charge in [0.1, 0.15) is 10.7 Å². The largest absolute Gasteiger partial charge is 0.383 e. The monoisotopic (exact) mass is 344 g/mol. The van der Waals surface area contributed by atoms with Crippen molar-refractivity contribution in [1.82, 2.24) is 9.62 Å². The number of nitrogens with one attached hydrogen (secondary N) is 1. The Bertz CT molecular complexity index is 657. The van der Waals surface area contributed by atoms with E-state index >= 15 is 0 Å². The van der Waals surface area contributed by atoms with Crippen LogP contribution in [0.15, 0.2) is 23.1 Å². The van der Waals surface area contributed by atoms with Gasteiger partial charge in [-0.2, -0.15) is 4.31 Å². The van der Waals surface area contributed by atoms with Gasteiger partial charge in [-0.25, -0.2) is 12.8 Å². The molecule has 0 unspecified atom stereocenters. The number of ether oxygens (including phenoxy) is 1. The number of carbonyl (C=O) groups excluding carboxylic acids is 1. The molecule has 8 heteroatoms. The van der Waals surface area contributed by atoms with E-state index < -0.39 is 26.6 Å². The van der Waals surface area contributed by atoms with Gasteiger partial charge in [0.05, 0.1) is 6.61 Å². The quantitative estimate of drug-likeness (QED) is 0.791. The summed E-state index contributed by atoms with van der Waals surface area (Å²) in [6, 6.07) is 3.39. The lowest BCUT2D eigenvalue weighted by Gasteiger charge is -2.26. The van der Waals surface area contributed by atoms with Gasteiger partial charge in [0.15, 0.2) is 0 Å². The van der Waals surface area contributed by atoms with Crippen LogP contribution >= 0.6 is 0 Å². The van der Waals surface area contributed by atoms with E-state index in [1.165, 1.54) is 17.5 Å². The van der Waals surface area contributed by atoms with E-state index in [2.05, 4.69) is 5.32 Å². The molecular weight excluding hydrogens is 323 g/mol. The Morgan fingerprint density at radius 1 is 1.30 bits per heavy atom. The number of nitrogens with zero attached hydrogens (tertiary/aromatic N) is 1. The number of hydrogen-bond acceptors (Lipinski definition) is 4. The van der Waals surface area contributed by atoms with Crippen molar-refractivity contribution >= 4 is 15.9 Å². The first kappa shape index (κ1) is 17.8. The lowest BCUT2D eigenvalue weighted by Crippen LogP contribution is -2.36. The Morgan fingerprint density at radius 3 is 2.65 bits per heavy atom. The molecule has 0 radical (unpaired) electrons. The van der Waals surface area contributed by atoms with Gasteiger partial charge in [-0.15, -0.1) is 0 Å². The van der Waals surface area contributed by atoms with Gasteiger partial charge in [0.2, 0.25) is 10.0 Å². The SMILES string of the molecule is COCCNC(=O)c1ccc(F)c(S(=O)(=O)N2CCCCC2)c1. The van der Waals surface area contributed by atoms with Crippen molar-refractivity contribution in [1.29, 1.82) is 0 Å². The number of amides is 1. The molecule has 6 nitrogen and oxygen atoms in total. The van der Waals surface area contributed by atoms with Crippen LogP contribution in [-0.4, -0.2) is 52.0 Å². The van der Waals surface area contributed by atoms with Crippen LogP contribution < -0.4 is 5.32 Å². The van der Waals surface area contributed by atoms with Crippen LogP contribution in [0.2, 0.25) is 0 Å². The standard InChI is InChI=1S/C15H21FN2O4S/c1-22-10-7-17-15(19)12-5-6-13(16)14(11-12)23(20,21)18-8-3-2-4-9-18/h5-6,11H,2-4,7-10H2,1H3,(H,17,19). The van der Waals surface area contributed by atoms with Crippen LogP contribution in [0.4, 0.5) is 4.39 Å². The summed E-state index contributed by atoms with van der Waals surface area (Å²) < 4.78 is 45.3. The maximum atomic E-state index is 14.0. The first-order chi connectivity index (χ1) is 11.0. The highest BCUT2D eigenvalue weighted by Crippen LogP contribution is 2.23. The Hall–Kier alpha value is -1.51. The second kappa shape index (κ2) is 7.85. The van der Waals surface area contributed by atoms with Crippen LogP contribution in [0.5, 0.6) is 0 Å². The van der Waals surface area contributed by atoms with Crippen molar-refractivity contribution in [3.8, 4) is 0 Å². The molecule has 1 aromatic carbocycles. The molecule has 128 valence electrons. The molecule has 0 spiro atoms. The number of rotatable bonds is 6. The van der Waals surface area contributed by atoms with E-state index in [-0.39, 0.29) is 5.56 Å². The normalized spacial score (nSPS) is 16.3. The third-order valence-electron chi connectivity index (χ3n) is 3.72. The minimum absolute atomic E-state index is 0.109. The Kier molecular flexibility index (Phi) is 6.09. The predicted molar refractivity (Wildman–Crippen MR) is 83.2 cm³/mol. The number of methoxy groups -OCH3 is 1. The number of sulfonamides is 1. The van der Waals surface area contributed by atoms with Crippen molar-refractivity contribution in [2.24, 2.45) is 0 Å². The summed E-state index contributed by atoms with van der Waals surface area (Å²) in [5.41, 5.74) is 0.109. The van der Waals surface area contributed by atoms with E-state index in [4.69, 9.17) is 4.74 Å². The fourth-order valence-electron chi connectivity index (χ4n) is 2.46. The second-order valence-electron chi connectivity index (χ2n) is 5.36. The summed E-state index contributed by atoms with van der Waals surface area (Å²) in [5.74, 6) is -1.30. The Labute approximate surface area is 135 Å². The summed E-state index contributed by atoms with van der Waals surface area (Å²) >= 11 is 0. The molecule has 1 N–H and O–H groups in total. The van der Waals surface area contributed by atoms with Gasteiger partial charge in [-0.05, 0) is 31.0 Å². The lowest BCUT2D eigenvalue weighted by atomic mass is 10.2. The molecule has 23 heavy (non-hydrogen) atoms. The summed E-state index contributed by atoms with van der Waals surface area (Å²) in [6.07, 6.45) is 2.49. The fourth-order valence-corrected chi connectivity index (χ4v) is 4.06. The van der Waals surface area contributed by atoms with Crippen molar-refractivity contribution in [2.75, 3.05) is 33.4 Å². The van der Waals surface area contributed by atoms with Gasteiger partial charge < -0.3 is 10.1 Å². The van der Waals surface area contributed by atoms with Crippen molar-refractivity contribution in [2.45, 2.75) is 24.2 Å². The van der Waals surface area contributed by atoms with Crippen molar-refractivity contribution in [3.63, 3.8) is 0 Å². The summed E-state index contributed by atoms with van der Waals surface area (Å²) in [7, 11) is -2.41. The molecule has 1 aromatic rings. The third kappa shape index (κ3) is 4.27. The molecular formula is C15H21FN2O4S. The highest BCUT2D eigenvalue weighted by atomic mass is 32.2. The van der Waals surface area contributed by atoms with Gasteiger partial charge in [0, 0.05) is 32.3 Å². The molecule has 0 bridgehead atoms. The molecule has 0 aromatic heterocycles. The zero-order chi connectivity index (χ0) is 16.9. The van der Waals surface area contributed by atoms with Crippen LogP contribution in [0.25, 0.3) is 0 Å². The number of benzene rings is 1. The van der Waals surface area contributed by atoms with Crippen LogP contribution in [0.3, 0.4) is 0 Å². The fraction of sp³-hybridized carbons (Fsp3) is 0.533. The highest BCUT2D eigenvalue weighted by molar-refractivity contribution is 7.89. The van der Waals surface area contributed by atoms with Gasteiger partial charge in [-0.3, -0.25) is 4.79 Å². The zero-order valence-electron chi connectivity index (χ0n) is 13.0. The molecule has 1 amide bonds. The first-order valence-electron chi connectivity index (χ1n) is 7.53. The van der Waals surface area contributed by atoms with E-state index in [1.807, 2.05) is 0 Å². The number of carbonyl (C=O) groups is 1. The lowest BCUT2D eigenvalue weighted by molar-refractivity contribution is 0.0937. The van der Waals surface area contributed by atoms with E-state index in [9.17, 15) is 17.6 Å². The predicted octanol–water partition coefficient (Wildman–Crippen LogP) is 1.38. The van der Waals surface area contributed by atoms with E-state index in [0.717, 1.165) is 31.4 Å². The molecule has 1 aliphatic rings. The smallest absolute Gasteiger partial charge is 0.251 e. The molecule has 1 fully saturated rings. The van der Waals surface area contributed by atoms with Crippen LogP contribution in [0, 0.1) is 5.82 Å². The molecule has 1 heterocycles. The second-order valence-corrected chi connectivity index (χ2v) is 7.27. The molecule has 1 aliphatic heterocycles. The number of halogens is 1.